The van der Waals surface area contributed by atoms with Crippen LogP contribution in [-0.2, 0) is 0 Å². The van der Waals surface area contributed by atoms with Crippen molar-refractivity contribution >= 4 is 5.91 Å². The number of aromatic nitrogens is 1. The molecule has 1 saturated heterocycles. The van der Waals surface area contributed by atoms with Crippen molar-refractivity contribution in [1.82, 2.24) is 9.88 Å². The molecular formula is C16H22N2O3. The van der Waals surface area contributed by atoms with Crippen molar-refractivity contribution in [3.8, 4) is 5.88 Å². The Kier molecular flexibility index (Phi) is 3.61. The van der Waals surface area contributed by atoms with Gasteiger partial charge in [0.15, 0.2) is 0 Å². The van der Waals surface area contributed by atoms with Gasteiger partial charge < -0.3 is 14.7 Å². The van der Waals surface area contributed by atoms with Gasteiger partial charge >= 0.3 is 0 Å². The zero-order chi connectivity index (χ0) is 15.0. The van der Waals surface area contributed by atoms with Gasteiger partial charge in [0.25, 0.3) is 5.91 Å². The summed E-state index contributed by atoms with van der Waals surface area (Å²) in [5, 5.41) is 9.91. The quantitative estimate of drug-likeness (QED) is 0.903. The number of hydrogen-bond acceptors (Lipinski definition) is 4. The maximum Gasteiger partial charge on any atom is 0.259 e. The van der Waals surface area contributed by atoms with Crippen LogP contribution in [0.1, 0.15) is 43.0 Å². The normalized spacial score (nSPS) is 31.9. The number of fused-ring (bicyclic) bond motifs is 1. The highest BCUT2D eigenvalue weighted by molar-refractivity contribution is 5.96. The lowest BCUT2D eigenvalue weighted by atomic mass is 9.71. The molecule has 114 valence electrons. The van der Waals surface area contributed by atoms with E-state index in [-0.39, 0.29) is 23.5 Å². The van der Waals surface area contributed by atoms with E-state index in [2.05, 4.69) is 11.9 Å². The number of carbonyl (C=O) groups excluding carboxylic acids is 1. The number of rotatable bonds is 2. The average Bonchev–Trinajstić information content (AvgIpc) is 2.82. The van der Waals surface area contributed by atoms with Crippen molar-refractivity contribution < 1.29 is 14.6 Å². The summed E-state index contributed by atoms with van der Waals surface area (Å²) in [6.45, 7) is 2.93. The molecule has 21 heavy (non-hydrogen) atoms. The second kappa shape index (κ2) is 5.30. The number of likely N-dealkylation sites (tertiary alicyclic amines) is 1. The predicted molar refractivity (Wildman–Crippen MR) is 78.2 cm³/mol. The first-order valence-corrected chi connectivity index (χ1v) is 7.53. The second-order valence-corrected chi connectivity index (χ2v) is 6.41. The van der Waals surface area contributed by atoms with Gasteiger partial charge in [-0.05, 0) is 43.2 Å². The van der Waals surface area contributed by atoms with Gasteiger partial charge in [-0.15, -0.1) is 0 Å². The summed E-state index contributed by atoms with van der Waals surface area (Å²) >= 11 is 0. The Balaban J connectivity index is 1.86. The number of ether oxygens (including phenoxy) is 1. The molecule has 1 aliphatic heterocycles. The first-order valence-electron chi connectivity index (χ1n) is 7.53. The molecule has 0 aromatic carbocycles. The molecule has 0 spiro atoms. The van der Waals surface area contributed by atoms with E-state index in [9.17, 15) is 9.90 Å². The molecule has 0 bridgehead atoms. The SMILES string of the molecule is COc1ncccc1C(=O)N1CC[C@@]2(C)C[C@H](O)CC[C@@H]12. The third-order valence-corrected chi connectivity index (χ3v) is 5.04. The minimum absolute atomic E-state index is 0.00920. The van der Waals surface area contributed by atoms with Crippen molar-refractivity contribution in [3.05, 3.63) is 23.9 Å². The van der Waals surface area contributed by atoms with Crippen molar-refractivity contribution in [2.45, 2.75) is 44.8 Å². The summed E-state index contributed by atoms with van der Waals surface area (Å²) in [4.78, 5) is 18.9. The summed E-state index contributed by atoms with van der Waals surface area (Å²) in [6, 6.07) is 3.73. The summed E-state index contributed by atoms with van der Waals surface area (Å²) in [7, 11) is 1.53. The molecule has 0 radical (unpaired) electrons. The van der Waals surface area contributed by atoms with Gasteiger partial charge in [-0.1, -0.05) is 6.92 Å². The number of amides is 1. The average molecular weight is 290 g/mol. The zero-order valence-electron chi connectivity index (χ0n) is 12.6. The van der Waals surface area contributed by atoms with Crippen LogP contribution in [0.2, 0.25) is 0 Å². The van der Waals surface area contributed by atoms with Gasteiger partial charge in [0.05, 0.1) is 13.2 Å². The topological polar surface area (TPSA) is 62.7 Å². The van der Waals surface area contributed by atoms with E-state index in [1.165, 1.54) is 7.11 Å². The highest BCUT2D eigenvalue weighted by atomic mass is 16.5. The molecule has 2 heterocycles. The second-order valence-electron chi connectivity index (χ2n) is 6.41. The van der Waals surface area contributed by atoms with E-state index in [0.29, 0.717) is 11.4 Å². The third-order valence-electron chi connectivity index (χ3n) is 5.04. The third kappa shape index (κ3) is 2.39. The molecule has 2 aliphatic rings. The van der Waals surface area contributed by atoms with Crippen LogP contribution >= 0.6 is 0 Å². The van der Waals surface area contributed by atoms with Gasteiger partial charge in [0.2, 0.25) is 5.88 Å². The van der Waals surface area contributed by atoms with Gasteiger partial charge in [0.1, 0.15) is 5.56 Å². The molecule has 1 saturated carbocycles. The van der Waals surface area contributed by atoms with Crippen LogP contribution in [0.3, 0.4) is 0 Å². The van der Waals surface area contributed by atoms with E-state index in [0.717, 1.165) is 32.2 Å². The summed E-state index contributed by atoms with van der Waals surface area (Å²) in [6.07, 6.45) is 4.77. The van der Waals surface area contributed by atoms with Crippen LogP contribution in [-0.4, -0.2) is 46.7 Å². The molecule has 1 aromatic rings. The van der Waals surface area contributed by atoms with Gasteiger partial charge in [-0.3, -0.25) is 4.79 Å². The van der Waals surface area contributed by atoms with Gasteiger partial charge in [0, 0.05) is 18.8 Å². The van der Waals surface area contributed by atoms with Crippen LogP contribution in [0.4, 0.5) is 0 Å². The van der Waals surface area contributed by atoms with Gasteiger partial charge in [-0.25, -0.2) is 4.98 Å². The number of aliphatic hydroxyl groups excluding tert-OH is 1. The van der Waals surface area contributed by atoms with E-state index in [1.807, 2.05) is 4.90 Å². The van der Waals surface area contributed by atoms with Crippen LogP contribution < -0.4 is 4.74 Å². The van der Waals surface area contributed by atoms with Crippen LogP contribution in [0, 0.1) is 5.41 Å². The molecule has 5 nitrogen and oxygen atoms in total. The highest BCUT2D eigenvalue weighted by Crippen LogP contribution is 2.47. The maximum absolute atomic E-state index is 12.8. The summed E-state index contributed by atoms with van der Waals surface area (Å²) in [5.74, 6) is 0.372. The molecule has 3 rings (SSSR count). The number of hydrogen-bond donors (Lipinski definition) is 1. The maximum atomic E-state index is 12.8. The van der Waals surface area contributed by atoms with Crippen molar-refractivity contribution in [2.24, 2.45) is 5.41 Å². The molecular weight excluding hydrogens is 268 g/mol. The molecule has 5 heteroatoms. The van der Waals surface area contributed by atoms with E-state index in [1.54, 1.807) is 18.3 Å². The van der Waals surface area contributed by atoms with Crippen molar-refractivity contribution in [3.63, 3.8) is 0 Å². The number of aliphatic hydroxyl groups is 1. The minimum Gasteiger partial charge on any atom is -0.480 e. The summed E-state index contributed by atoms with van der Waals surface area (Å²) < 4.78 is 5.21. The van der Waals surface area contributed by atoms with Crippen LogP contribution in [0.25, 0.3) is 0 Å². The number of carbonyl (C=O) groups is 1. The number of methoxy groups -OCH3 is 1. The molecule has 1 aliphatic carbocycles. The molecule has 2 fully saturated rings. The molecule has 3 atom stereocenters. The molecule has 0 unspecified atom stereocenters. The largest absolute Gasteiger partial charge is 0.480 e. The van der Waals surface area contributed by atoms with Crippen molar-refractivity contribution in [2.75, 3.05) is 13.7 Å². The fraction of sp³-hybridized carbons (Fsp3) is 0.625. The summed E-state index contributed by atoms with van der Waals surface area (Å²) in [5.41, 5.74) is 0.554. The lowest BCUT2D eigenvalue weighted by Gasteiger charge is -2.41. The first kappa shape index (κ1) is 14.3. The smallest absolute Gasteiger partial charge is 0.259 e. The van der Waals surface area contributed by atoms with E-state index in [4.69, 9.17) is 4.74 Å². The van der Waals surface area contributed by atoms with E-state index >= 15 is 0 Å². The lowest BCUT2D eigenvalue weighted by Crippen LogP contribution is -2.46. The Morgan fingerprint density at radius 3 is 3.10 bits per heavy atom. The minimum atomic E-state index is -0.228. The standard InChI is InChI=1S/C16H22N2O3/c1-16-7-9-18(13(16)6-5-11(19)10-16)15(20)12-4-3-8-17-14(12)21-2/h3-4,8,11,13,19H,5-7,9-10H2,1-2H3/t11-,13-,16+/m1/s1. The Labute approximate surface area is 124 Å². The Morgan fingerprint density at radius 2 is 2.33 bits per heavy atom. The van der Waals surface area contributed by atoms with Crippen molar-refractivity contribution in [1.29, 1.82) is 0 Å². The van der Waals surface area contributed by atoms with Crippen LogP contribution in [0.5, 0.6) is 5.88 Å². The predicted octanol–water partition coefficient (Wildman–Crippen LogP) is 1.86. The lowest BCUT2D eigenvalue weighted by molar-refractivity contribution is 0.0209. The Bertz CT molecular complexity index is 548. The molecule has 1 amide bonds. The van der Waals surface area contributed by atoms with Crippen LogP contribution in [0.15, 0.2) is 18.3 Å². The fourth-order valence-corrected chi connectivity index (χ4v) is 3.92. The van der Waals surface area contributed by atoms with Gasteiger partial charge in [-0.2, -0.15) is 0 Å². The highest BCUT2D eigenvalue weighted by Gasteiger charge is 2.49. The zero-order valence-corrected chi connectivity index (χ0v) is 12.6. The molecule has 1 N–H and O–H groups in total. The monoisotopic (exact) mass is 290 g/mol. The van der Waals surface area contributed by atoms with E-state index < -0.39 is 0 Å². The first-order chi connectivity index (χ1) is 10.0. The number of nitrogens with zero attached hydrogens (tertiary/aromatic N) is 2. The molecule has 1 aromatic heterocycles. The Morgan fingerprint density at radius 1 is 1.52 bits per heavy atom. The fourth-order valence-electron chi connectivity index (χ4n) is 3.92. The number of pyridine rings is 1. The Hall–Kier alpha value is -1.62.